The second-order valence-electron chi connectivity index (χ2n) is 3.94. The van der Waals surface area contributed by atoms with Gasteiger partial charge >= 0.3 is 0 Å². The molecule has 1 aliphatic carbocycles. The van der Waals surface area contributed by atoms with E-state index >= 15 is 0 Å². The maximum atomic E-state index is 9.78. The van der Waals surface area contributed by atoms with Crippen molar-refractivity contribution in [3.8, 4) is 5.75 Å². The predicted octanol–water partition coefficient (Wildman–Crippen LogP) is 3.13. The molecule has 2 nitrogen and oxygen atoms in total. The quantitative estimate of drug-likeness (QED) is 0.895. The number of hydrogen-bond acceptors (Lipinski definition) is 2. The van der Waals surface area contributed by atoms with Crippen molar-refractivity contribution in [2.45, 2.75) is 37.9 Å². The smallest absolute Gasteiger partial charge is 0.134 e. The first kappa shape index (κ1) is 11.0. The molecule has 0 bridgehead atoms. The summed E-state index contributed by atoms with van der Waals surface area (Å²) >= 11 is 3.44. The zero-order valence-electron chi connectivity index (χ0n) is 8.53. The normalized spacial score (nSPS) is 26.3. The molecule has 0 amide bonds. The topological polar surface area (TPSA) is 29.5 Å². The SMILES string of the molecule is O[C@@H]1CCCC[C@H]1Oc1ccccc1Br. The maximum absolute atomic E-state index is 9.78. The fourth-order valence-corrected chi connectivity index (χ4v) is 2.30. The van der Waals surface area contributed by atoms with Gasteiger partial charge in [-0.1, -0.05) is 18.6 Å². The molecule has 3 heteroatoms. The van der Waals surface area contributed by atoms with Crippen molar-refractivity contribution in [2.24, 2.45) is 0 Å². The Morgan fingerprint density at radius 1 is 1.20 bits per heavy atom. The summed E-state index contributed by atoms with van der Waals surface area (Å²) in [5, 5.41) is 9.78. The first-order chi connectivity index (χ1) is 7.27. The Morgan fingerprint density at radius 3 is 2.67 bits per heavy atom. The minimum atomic E-state index is -0.314. The van der Waals surface area contributed by atoms with Crippen LogP contribution in [0.15, 0.2) is 28.7 Å². The Balaban J connectivity index is 2.04. The molecular weight excluding hydrogens is 256 g/mol. The lowest BCUT2D eigenvalue weighted by Gasteiger charge is -2.28. The van der Waals surface area contributed by atoms with Crippen LogP contribution in [0, 0.1) is 0 Å². The summed E-state index contributed by atoms with van der Waals surface area (Å²) in [5.41, 5.74) is 0. The van der Waals surface area contributed by atoms with E-state index in [1.165, 1.54) is 0 Å². The van der Waals surface area contributed by atoms with Crippen molar-refractivity contribution in [3.63, 3.8) is 0 Å². The second kappa shape index (κ2) is 4.99. The molecule has 0 aromatic heterocycles. The van der Waals surface area contributed by atoms with Gasteiger partial charge in [0.25, 0.3) is 0 Å². The average molecular weight is 271 g/mol. The summed E-state index contributed by atoms with van der Waals surface area (Å²) in [7, 11) is 0. The van der Waals surface area contributed by atoms with Gasteiger partial charge in [-0.05, 0) is 47.3 Å². The molecule has 82 valence electrons. The zero-order valence-corrected chi connectivity index (χ0v) is 10.1. The fraction of sp³-hybridized carbons (Fsp3) is 0.500. The Kier molecular flexibility index (Phi) is 3.65. The minimum absolute atomic E-state index is 0.0440. The first-order valence-corrected chi connectivity index (χ1v) is 6.16. The van der Waals surface area contributed by atoms with Gasteiger partial charge in [0.05, 0.1) is 10.6 Å². The fourth-order valence-electron chi connectivity index (χ4n) is 1.92. The second-order valence-corrected chi connectivity index (χ2v) is 4.79. The summed E-state index contributed by atoms with van der Waals surface area (Å²) in [6.07, 6.45) is 3.70. The first-order valence-electron chi connectivity index (χ1n) is 5.36. The highest BCUT2D eigenvalue weighted by molar-refractivity contribution is 9.10. The molecule has 0 radical (unpaired) electrons. The summed E-state index contributed by atoms with van der Waals surface area (Å²) in [6.45, 7) is 0. The van der Waals surface area contributed by atoms with E-state index in [0.717, 1.165) is 35.9 Å². The van der Waals surface area contributed by atoms with E-state index in [0.29, 0.717) is 0 Å². The Hall–Kier alpha value is -0.540. The van der Waals surface area contributed by atoms with Gasteiger partial charge < -0.3 is 9.84 Å². The summed E-state index contributed by atoms with van der Waals surface area (Å²) in [5.74, 6) is 0.823. The van der Waals surface area contributed by atoms with Crippen molar-refractivity contribution in [1.29, 1.82) is 0 Å². The number of aliphatic hydroxyl groups excluding tert-OH is 1. The molecule has 15 heavy (non-hydrogen) atoms. The number of hydrogen-bond donors (Lipinski definition) is 1. The van der Waals surface area contributed by atoms with Crippen molar-refractivity contribution in [2.75, 3.05) is 0 Å². The number of rotatable bonds is 2. The Morgan fingerprint density at radius 2 is 1.93 bits per heavy atom. The number of para-hydroxylation sites is 1. The maximum Gasteiger partial charge on any atom is 0.134 e. The van der Waals surface area contributed by atoms with Crippen molar-refractivity contribution < 1.29 is 9.84 Å². The summed E-state index contributed by atoms with van der Waals surface area (Å²) in [4.78, 5) is 0. The van der Waals surface area contributed by atoms with E-state index in [1.807, 2.05) is 24.3 Å². The van der Waals surface area contributed by atoms with Gasteiger partial charge in [-0.3, -0.25) is 0 Å². The number of halogens is 1. The molecule has 2 rings (SSSR count). The predicted molar refractivity (Wildman–Crippen MR) is 63.0 cm³/mol. The molecular formula is C12H15BrO2. The molecule has 2 atom stereocenters. The van der Waals surface area contributed by atoms with E-state index in [9.17, 15) is 5.11 Å². The average Bonchev–Trinajstić information content (AvgIpc) is 2.24. The van der Waals surface area contributed by atoms with Crippen LogP contribution < -0.4 is 4.74 Å². The highest BCUT2D eigenvalue weighted by Crippen LogP contribution is 2.29. The molecule has 1 saturated carbocycles. The van der Waals surface area contributed by atoms with Crippen LogP contribution in [-0.2, 0) is 0 Å². The van der Waals surface area contributed by atoms with Gasteiger partial charge in [0.1, 0.15) is 11.9 Å². The number of benzene rings is 1. The highest BCUT2D eigenvalue weighted by Gasteiger charge is 2.24. The van der Waals surface area contributed by atoms with E-state index in [4.69, 9.17) is 4.74 Å². The van der Waals surface area contributed by atoms with Gasteiger partial charge in [0, 0.05) is 0 Å². The molecule has 0 aliphatic heterocycles. The largest absolute Gasteiger partial charge is 0.487 e. The highest BCUT2D eigenvalue weighted by atomic mass is 79.9. The zero-order chi connectivity index (χ0) is 10.7. The standard InChI is InChI=1S/C12H15BrO2/c13-9-5-1-3-7-11(9)15-12-8-4-2-6-10(12)14/h1,3,5,7,10,12,14H,2,4,6,8H2/t10-,12-/m1/s1. The third-order valence-electron chi connectivity index (χ3n) is 2.78. The van der Waals surface area contributed by atoms with Crippen LogP contribution >= 0.6 is 15.9 Å². The van der Waals surface area contributed by atoms with Crippen LogP contribution in [0.25, 0.3) is 0 Å². The van der Waals surface area contributed by atoms with Gasteiger partial charge in [0.2, 0.25) is 0 Å². The van der Waals surface area contributed by atoms with Crippen LogP contribution in [0.1, 0.15) is 25.7 Å². The molecule has 1 N–H and O–H groups in total. The monoisotopic (exact) mass is 270 g/mol. The van der Waals surface area contributed by atoms with E-state index in [-0.39, 0.29) is 12.2 Å². The molecule has 1 aromatic rings. The van der Waals surface area contributed by atoms with Crippen LogP contribution in [0.3, 0.4) is 0 Å². The Bertz CT molecular complexity index is 327. The summed E-state index contributed by atoms with van der Waals surface area (Å²) in [6, 6.07) is 7.76. The van der Waals surface area contributed by atoms with Gasteiger partial charge in [-0.15, -0.1) is 0 Å². The van der Waals surface area contributed by atoms with E-state index in [1.54, 1.807) is 0 Å². The number of aliphatic hydroxyl groups is 1. The third-order valence-corrected chi connectivity index (χ3v) is 3.44. The van der Waals surface area contributed by atoms with Crippen LogP contribution in [-0.4, -0.2) is 17.3 Å². The summed E-state index contributed by atoms with van der Waals surface area (Å²) < 4.78 is 6.75. The lowest BCUT2D eigenvalue weighted by Crippen LogP contribution is -2.34. The van der Waals surface area contributed by atoms with Crippen molar-refractivity contribution in [1.82, 2.24) is 0 Å². The molecule has 1 aliphatic rings. The molecule has 0 unspecified atom stereocenters. The van der Waals surface area contributed by atoms with Crippen molar-refractivity contribution >= 4 is 15.9 Å². The lowest BCUT2D eigenvalue weighted by molar-refractivity contribution is 0.00649. The Labute approximate surface area is 98.4 Å². The van der Waals surface area contributed by atoms with E-state index < -0.39 is 0 Å². The minimum Gasteiger partial charge on any atom is -0.487 e. The molecule has 1 aromatic carbocycles. The van der Waals surface area contributed by atoms with E-state index in [2.05, 4.69) is 15.9 Å². The lowest BCUT2D eigenvalue weighted by atomic mass is 9.95. The molecule has 0 saturated heterocycles. The van der Waals surface area contributed by atoms with Crippen LogP contribution in [0.5, 0.6) is 5.75 Å². The molecule has 0 heterocycles. The van der Waals surface area contributed by atoms with Gasteiger partial charge in [0.15, 0.2) is 0 Å². The molecule has 1 fully saturated rings. The molecule has 0 spiro atoms. The van der Waals surface area contributed by atoms with Crippen molar-refractivity contribution in [3.05, 3.63) is 28.7 Å². The van der Waals surface area contributed by atoms with Gasteiger partial charge in [-0.2, -0.15) is 0 Å². The van der Waals surface area contributed by atoms with Gasteiger partial charge in [-0.25, -0.2) is 0 Å². The number of ether oxygens (including phenoxy) is 1. The van der Waals surface area contributed by atoms with Crippen LogP contribution in [0.2, 0.25) is 0 Å². The van der Waals surface area contributed by atoms with Crippen LogP contribution in [0.4, 0.5) is 0 Å². The third kappa shape index (κ3) is 2.73.